The smallest absolute Gasteiger partial charge is 0.256 e. The number of carboxylic acids is 1. The third-order valence-corrected chi connectivity index (χ3v) is 5.60. The van der Waals surface area contributed by atoms with Crippen LogP contribution in [0.1, 0.15) is 56.0 Å². The molecule has 7 nitrogen and oxygen atoms in total. The second-order valence-electron chi connectivity index (χ2n) is 9.25. The molecule has 2 aliphatic rings. The van der Waals surface area contributed by atoms with Crippen molar-refractivity contribution in [1.29, 1.82) is 0 Å². The number of benzene rings is 1. The van der Waals surface area contributed by atoms with E-state index in [0.717, 1.165) is 5.56 Å². The molecule has 29 heavy (non-hydrogen) atoms. The lowest BCUT2D eigenvalue weighted by atomic mass is 9.90. The molecule has 7 heteroatoms. The van der Waals surface area contributed by atoms with E-state index in [2.05, 4.69) is 0 Å². The van der Waals surface area contributed by atoms with Gasteiger partial charge in [-0.2, -0.15) is 0 Å². The van der Waals surface area contributed by atoms with Crippen LogP contribution in [0, 0.1) is 12.3 Å². The first-order valence-corrected chi connectivity index (χ1v) is 10.1. The molecule has 158 valence electrons. The van der Waals surface area contributed by atoms with Gasteiger partial charge in [-0.1, -0.05) is 38.5 Å². The highest BCUT2D eigenvalue weighted by Gasteiger charge is 2.52. The van der Waals surface area contributed by atoms with Crippen LogP contribution < -0.4 is 5.11 Å². The first-order valence-electron chi connectivity index (χ1n) is 10.1. The van der Waals surface area contributed by atoms with Crippen LogP contribution in [0.15, 0.2) is 24.3 Å². The van der Waals surface area contributed by atoms with E-state index in [4.69, 9.17) is 4.74 Å². The van der Waals surface area contributed by atoms with Crippen LogP contribution in [0.25, 0.3) is 0 Å². The minimum Gasteiger partial charge on any atom is -0.548 e. The van der Waals surface area contributed by atoms with Crippen LogP contribution in [0.2, 0.25) is 0 Å². The minimum absolute atomic E-state index is 0.0679. The maximum atomic E-state index is 13.3. The van der Waals surface area contributed by atoms with Gasteiger partial charge in [0.1, 0.15) is 5.72 Å². The summed E-state index contributed by atoms with van der Waals surface area (Å²) in [4.78, 5) is 40.7. The Morgan fingerprint density at radius 2 is 1.86 bits per heavy atom. The van der Waals surface area contributed by atoms with E-state index in [1.165, 1.54) is 4.90 Å². The predicted molar refractivity (Wildman–Crippen MR) is 105 cm³/mol. The van der Waals surface area contributed by atoms with Crippen molar-refractivity contribution in [3.63, 3.8) is 0 Å². The standard InChI is InChI=1S/C22H30N2O5/c1-15-6-5-7-16(12-15)19(26)24-17(20(27)28)14-29-22(24)8-10-23(11-9-22)18(25)13-21(2,3)4/h5-7,12,17H,8-11,13-14H2,1-4H3,(H,27,28)/p-1/t17-/m1/s1. The van der Waals surface area contributed by atoms with Gasteiger partial charge < -0.3 is 19.5 Å². The molecule has 2 heterocycles. The van der Waals surface area contributed by atoms with Crippen molar-refractivity contribution in [2.45, 2.75) is 58.7 Å². The van der Waals surface area contributed by atoms with Gasteiger partial charge in [0.2, 0.25) is 5.91 Å². The average molecular weight is 401 g/mol. The van der Waals surface area contributed by atoms with Crippen LogP contribution in [-0.2, 0) is 14.3 Å². The van der Waals surface area contributed by atoms with Gasteiger partial charge in [-0.15, -0.1) is 0 Å². The van der Waals surface area contributed by atoms with Gasteiger partial charge in [-0.25, -0.2) is 0 Å². The SMILES string of the molecule is Cc1cccc(C(=O)N2[C@@H](C(=O)[O-])COC23CCN(C(=O)CC(C)(C)C)CC3)c1. The number of likely N-dealkylation sites (tertiary alicyclic amines) is 1. The molecule has 2 saturated heterocycles. The molecule has 0 aromatic heterocycles. The Labute approximate surface area is 171 Å². The number of hydrogen-bond acceptors (Lipinski definition) is 5. The highest BCUT2D eigenvalue weighted by molar-refractivity contribution is 5.97. The average Bonchev–Trinajstić information content (AvgIpc) is 2.99. The Morgan fingerprint density at radius 3 is 2.41 bits per heavy atom. The van der Waals surface area contributed by atoms with Crippen molar-refractivity contribution < 1.29 is 24.2 Å². The van der Waals surface area contributed by atoms with Crippen LogP contribution in [0.4, 0.5) is 0 Å². The Hall–Kier alpha value is -2.41. The lowest BCUT2D eigenvalue weighted by Gasteiger charge is -2.45. The zero-order valence-electron chi connectivity index (χ0n) is 17.6. The molecule has 1 atom stereocenters. The molecule has 0 aliphatic carbocycles. The summed E-state index contributed by atoms with van der Waals surface area (Å²) >= 11 is 0. The Bertz CT molecular complexity index is 806. The third kappa shape index (κ3) is 4.45. The quantitative estimate of drug-likeness (QED) is 0.762. The zero-order valence-corrected chi connectivity index (χ0v) is 17.6. The molecule has 1 spiro atoms. The van der Waals surface area contributed by atoms with Crippen LogP contribution in [-0.4, -0.2) is 59.0 Å². The second-order valence-corrected chi connectivity index (χ2v) is 9.25. The monoisotopic (exact) mass is 401 g/mol. The van der Waals surface area contributed by atoms with Crippen molar-refractivity contribution >= 4 is 17.8 Å². The maximum absolute atomic E-state index is 13.3. The first kappa shape index (κ1) is 21.3. The molecule has 2 amide bonds. The second kappa shape index (κ2) is 7.78. The van der Waals surface area contributed by atoms with E-state index in [-0.39, 0.29) is 23.8 Å². The van der Waals surface area contributed by atoms with Crippen molar-refractivity contribution in [1.82, 2.24) is 9.80 Å². The molecular weight excluding hydrogens is 372 g/mol. The van der Waals surface area contributed by atoms with Crippen LogP contribution in [0.5, 0.6) is 0 Å². The van der Waals surface area contributed by atoms with Crippen molar-refractivity contribution in [3.05, 3.63) is 35.4 Å². The zero-order chi connectivity index (χ0) is 21.4. The predicted octanol–water partition coefficient (Wildman–Crippen LogP) is 1.34. The van der Waals surface area contributed by atoms with Gasteiger partial charge in [-0.05, 0) is 24.5 Å². The van der Waals surface area contributed by atoms with Crippen LogP contribution in [0.3, 0.4) is 0 Å². The van der Waals surface area contributed by atoms with E-state index in [9.17, 15) is 19.5 Å². The molecular formula is C22H29N2O5-. The summed E-state index contributed by atoms with van der Waals surface area (Å²) in [6.45, 7) is 8.67. The summed E-state index contributed by atoms with van der Waals surface area (Å²) in [6, 6.07) is 5.93. The number of carbonyl (C=O) groups is 3. The molecule has 2 aliphatic heterocycles. The lowest BCUT2D eigenvalue weighted by Crippen LogP contribution is -2.60. The fourth-order valence-corrected chi connectivity index (χ4v) is 4.14. The highest BCUT2D eigenvalue weighted by Crippen LogP contribution is 2.38. The normalized spacial score (nSPS) is 21.4. The van der Waals surface area contributed by atoms with Crippen molar-refractivity contribution in [2.24, 2.45) is 5.41 Å². The largest absolute Gasteiger partial charge is 0.548 e. The lowest BCUT2D eigenvalue weighted by molar-refractivity contribution is -0.310. The summed E-state index contributed by atoms with van der Waals surface area (Å²) in [5.74, 6) is -1.64. The number of carbonyl (C=O) groups excluding carboxylic acids is 3. The van der Waals surface area contributed by atoms with E-state index in [1.807, 2.05) is 33.8 Å². The molecule has 0 saturated carbocycles. The fourth-order valence-electron chi connectivity index (χ4n) is 4.14. The number of aliphatic carboxylic acids is 1. The van der Waals surface area contributed by atoms with E-state index in [1.54, 1.807) is 23.1 Å². The van der Waals surface area contributed by atoms with E-state index >= 15 is 0 Å². The minimum atomic E-state index is -1.32. The maximum Gasteiger partial charge on any atom is 0.256 e. The van der Waals surface area contributed by atoms with Gasteiger partial charge in [0.25, 0.3) is 5.91 Å². The topological polar surface area (TPSA) is 90.0 Å². The molecule has 1 aromatic rings. The van der Waals surface area contributed by atoms with Gasteiger partial charge in [0.15, 0.2) is 0 Å². The van der Waals surface area contributed by atoms with Gasteiger partial charge in [-0.3, -0.25) is 14.5 Å². The summed E-state index contributed by atoms with van der Waals surface area (Å²) in [5.41, 5.74) is 0.206. The summed E-state index contributed by atoms with van der Waals surface area (Å²) in [7, 11) is 0. The first-order chi connectivity index (χ1) is 13.5. The van der Waals surface area contributed by atoms with Gasteiger partial charge in [0, 0.05) is 37.9 Å². The number of carboxylic acid groups (broad SMARTS) is 1. The summed E-state index contributed by atoms with van der Waals surface area (Å²) in [5, 5.41) is 11.7. The highest BCUT2D eigenvalue weighted by atomic mass is 16.5. The third-order valence-electron chi connectivity index (χ3n) is 5.60. The molecule has 3 rings (SSSR count). The fraction of sp³-hybridized carbons (Fsp3) is 0.591. The Kier molecular flexibility index (Phi) is 5.72. The van der Waals surface area contributed by atoms with Gasteiger partial charge in [0.05, 0.1) is 18.6 Å². The number of nitrogens with zero attached hydrogens (tertiary/aromatic N) is 2. The van der Waals surface area contributed by atoms with Gasteiger partial charge >= 0.3 is 0 Å². The molecule has 0 unspecified atom stereocenters. The molecule has 1 aromatic carbocycles. The molecule has 0 bridgehead atoms. The Balaban J connectivity index is 1.82. The van der Waals surface area contributed by atoms with Crippen molar-refractivity contribution in [2.75, 3.05) is 19.7 Å². The molecule has 0 N–H and O–H groups in total. The molecule has 0 radical (unpaired) electrons. The number of hydrogen-bond donors (Lipinski definition) is 0. The number of ether oxygens (including phenoxy) is 1. The Morgan fingerprint density at radius 1 is 1.21 bits per heavy atom. The summed E-state index contributed by atoms with van der Waals surface area (Å²) < 4.78 is 5.92. The summed E-state index contributed by atoms with van der Waals surface area (Å²) in [6.07, 6.45) is 1.20. The number of rotatable bonds is 3. The number of aryl methyl sites for hydroxylation is 1. The number of amides is 2. The van der Waals surface area contributed by atoms with Crippen LogP contribution >= 0.6 is 0 Å². The van der Waals surface area contributed by atoms with E-state index < -0.39 is 17.7 Å². The molecule has 2 fully saturated rings. The number of piperidine rings is 1. The van der Waals surface area contributed by atoms with Crippen molar-refractivity contribution in [3.8, 4) is 0 Å². The van der Waals surface area contributed by atoms with E-state index in [0.29, 0.717) is 37.9 Å².